The summed E-state index contributed by atoms with van der Waals surface area (Å²) in [6.45, 7) is 11.9. The molecule has 4 N–H and O–H groups in total. The number of nitrogens with one attached hydrogen (secondary N) is 2. The van der Waals surface area contributed by atoms with Gasteiger partial charge in [-0.05, 0) is 62.1 Å². The Labute approximate surface area is 272 Å². The molecular formula is C32H47Cl2FN6O3. The van der Waals surface area contributed by atoms with Gasteiger partial charge in [0.15, 0.2) is 0 Å². The summed E-state index contributed by atoms with van der Waals surface area (Å²) in [4.78, 5) is 34.0. The number of imide groups is 1. The Morgan fingerprint density at radius 3 is 2.55 bits per heavy atom. The van der Waals surface area contributed by atoms with Crippen LogP contribution in [0.1, 0.15) is 37.5 Å². The molecule has 9 nitrogen and oxygen atoms in total. The fourth-order valence-electron chi connectivity index (χ4n) is 6.46. The first-order valence-electron chi connectivity index (χ1n) is 15.1. The summed E-state index contributed by atoms with van der Waals surface area (Å²) >= 11 is 0. The molecule has 0 aliphatic carbocycles. The number of nitrogens with two attached hydrogens (primary N) is 1. The standard InChI is InChI=1S/C32H45FN6O3.2ClH/c1-22-17-38(27(16-35-22)18-37-12-13-42-20-23(37)2)19-30(40)39(11-10-34)31(41)32(3)21-36-29-15-25(6-9-28(29)32)14-24-4-7-26(33)8-5-24;;/h4-9,15,22-23,27,35-36H,10-14,16-21,34H2,1-3H3;2*1H/t22-,23-,27-,32?;;/m1../s1. The lowest BCUT2D eigenvalue weighted by molar-refractivity contribution is -0.149. The van der Waals surface area contributed by atoms with Crippen LogP contribution in [0.25, 0.3) is 0 Å². The molecule has 244 valence electrons. The van der Waals surface area contributed by atoms with Crippen LogP contribution in [0.3, 0.4) is 0 Å². The van der Waals surface area contributed by atoms with Gasteiger partial charge in [-0.2, -0.15) is 0 Å². The van der Waals surface area contributed by atoms with E-state index in [0.29, 0.717) is 19.0 Å². The average molecular weight is 654 g/mol. The van der Waals surface area contributed by atoms with E-state index in [4.69, 9.17) is 10.5 Å². The van der Waals surface area contributed by atoms with Crippen molar-refractivity contribution >= 4 is 42.3 Å². The molecule has 44 heavy (non-hydrogen) atoms. The van der Waals surface area contributed by atoms with Crippen molar-refractivity contribution in [1.29, 1.82) is 0 Å². The van der Waals surface area contributed by atoms with Gasteiger partial charge in [0, 0.05) is 69.6 Å². The van der Waals surface area contributed by atoms with Crippen molar-refractivity contribution in [2.75, 3.05) is 70.9 Å². The predicted molar refractivity (Wildman–Crippen MR) is 176 cm³/mol. The van der Waals surface area contributed by atoms with Crippen molar-refractivity contribution < 1.29 is 18.7 Å². The highest BCUT2D eigenvalue weighted by molar-refractivity contribution is 6.03. The van der Waals surface area contributed by atoms with Crippen LogP contribution in [-0.4, -0.2) is 110 Å². The first-order valence-corrected chi connectivity index (χ1v) is 15.1. The number of carbonyl (C=O) groups excluding carboxylic acids is 2. The number of rotatable bonds is 9. The van der Waals surface area contributed by atoms with Gasteiger partial charge in [0.25, 0.3) is 0 Å². The number of fused-ring (bicyclic) bond motifs is 1. The Bertz CT molecular complexity index is 1270. The highest BCUT2D eigenvalue weighted by Gasteiger charge is 2.45. The SMILES string of the molecule is C[C@@H]1CN(CC(=O)N(CCN)C(=O)C2(C)CNc3cc(Cc4ccc(F)cc4)ccc32)[C@@H](CN2CCOC[C@H]2C)CN1.Cl.Cl. The zero-order valence-electron chi connectivity index (χ0n) is 25.9. The number of carbonyl (C=O) groups is 2. The fourth-order valence-corrected chi connectivity index (χ4v) is 6.46. The van der Waals surface area contributed by atoms with Gasteiger partial charge in [0.2, 0.25) is 11.8 Å². The van der Waals surface area contributed by atoms with Crippen LogP contribution in [0.2, 0.25) is 0 Å². The molecule has 1 unspecified atom stereocenters. The molecule has 3 heterocycles. The molecule has 4 atom stereocenters. The van der Waals surface area contributed by atoms with E-state index in [2.05, 4.69) is 34.3 Å². The largest absolute Gasteiger partial charge is 0.383 e. The molecular weight excluding hydrogens is 606 g/mol. The first kappa shape index (κ1) is 36.2. The summed E-state index contributed by atoms with van der Waals surface area (Å²) in [5.41, 5.74) is 8.88. The van der Waals surface area contributed by atoms with E-state index in [1.165, 1.54) is 17.0 Å². The highest BCUT2D eigenvalue weighted by atomic mass is 35.5. The summed E-state index contributed by atoms with van der Waals surface area (Å²) in [5.74, 6) is -0.687. The Morgan fingerprint density at radius 2 is 1.84 bits per heavy atom. The van der Waals surface area contributed by atoms with Gasteiger partial charge in [0.1, 0.15) is 5.82 Å². The second-order valence-corrected chi connectivity index (χ2v) is 12.3. The number of amides is 2. The minimum absolute atomic E-state index is 0. The topological polar surface area (TPSA) is 103 Å². The molecule has 0 bridgehead atoms. The third-order valence-corrected chi connectivity index (χ3v) is 9.02. The van der Waals surface area contributed by atoms with Crippen LogP contribution >= 0.6 is 24.8 Å². The number of hydrogen-bond donors (Lipinski definition) is 3. The van der Waals surface area contributed by atoms with E-state index in [-0.39, 0.29) is 74.2 Å². The number of morpholine rings is 1. The third-order valence-electron chi connectivity index (χ3n) is 9.02. The number of anilines is 1. The summed E-state index contributed by atoms with van der Waals surface area (Å²) in [5, 5.41) is 6.97. The van der Waals surface area contributed by atoms with Gasteiger partial charge in [-0.25, -0.2) is 4.39 Å². The summed E-state index contributed by atoms with van der Waals surface area (Å²) in [7, 11) is 0. The molecule has 2 saturated heterocycles. The highest BCUT2D eigenvalue weighted by Crippen LogP contribution is 2.39. The minimum atomic E-state index is -0.895. The zero-order valence-corrected chi connectivity index (χ0v) is 27.5. The van der Waals surface area contributed by atoms with Crippen LogP contribution in [0.15, 0.2) is 42.5 Å². The molecule has 2 fully saturated rings. The second kappa shape index (κ2) is 15.8. The van der Waals surface area contributed by atoms with Gasteiger partial charge in [-0.15, -0.1) is 24.8 Å². The molecule has 2 aromatic rings. The van der Waals surface area contributed by atoms with Crippen molar-refractivity contribution in [2.45, 2.75) is 50.7 Å². The molecule has 5 rings (SSSR count). The van der Waals surface area contributed by atoms with E-state index < -0.39 is 5.41 Å². The first-order chi connectivity index (χ1) is 20.2. The molecule has 0 saturated carbocycles. The predicted octanol–water partition coefficient (Wildman–Crippen LogP) is 2.64. The maximum atomic E-state index is 14.1. The van der Waals surface area contributed by atoms with Crippen molar-refractivity contribution in [3.63, 3.8) is 0 Å². The number of halogens is 3. The molecule has 3 aliphatic rings. The lowest BCUT2D eigenvalue weighted by atomic mass is 9.82. The van der Waals surface area contributed by atoms with Gasteiger partial charge < -0.3 is 21.1 Å². The summed E-state index contributed by atoms with van der Waals surface area (Å²) in [6.07, 6.45) is 0.658. The van der Waals surface area contributed by atoms with Crippen LogP contribution in [0.4, 0.5) is 10.1 Å². The van der Waals surface area contributed by atoms with Crippen LogP contribution in [0, 0.1) is 5.82 Å². The van der Waals surface area contributed by atoms with Crippen molar-refractivity contribution in [1.82, 2.24) is 20.0 Å². The van der Waals surface area contributed by atoms with E-state index >= 15 is 0 Å². The van der Waals surface area contributed by atoms with Crippen molar-refractivity contribution in [3.05, 3.63) is 65.0 Å². The second-order valence-electron chi connectivity index (χ2n) is 12.3. The number of hydrogen-bond acceptors (Lipinski definition) is 8. The average Bonchev–Trinajstić information content (AvgIpc) is 3.32. The Balaban J connectivity index is 0.00000264. The zero-order chi connectivity index (χ0) is 29.9. The lowest BCUT2D eigenvalue weighted by Crippen LogP contribution is -2.62. The maximum Gasteiger partial charge on any atom is 0.243 e. The monoisotopic (exact) mass is 652 g/mol. The van der Waals surface area contributed by atoms with Gasteiger partial charge in [-0.3, -0.25) is 24.3 Å². The fraction of sp³-hybridized carbons (Fsp3) is 0.562. The molecule has 3 aliphatic heterocycles. The van der Waals surface area contributed by atoms with Crippen LogP contribution in [0.5, 0.6) is 0 Å². The molecule has 2 aromatic carbocycles. The molecule has 0 aromatic heterocycles. The lowest BCUT2D eigenvalue weighted by Gasteiger charge is -2.44. The molecule has 0 spiro atoms. The quantitative estimate of drug-likeness (QED) is 0.380. The van der Waals surface area contributed by atoms with E-state index in [1.807, 2.05) is 25.1 Å². The molecule has 2 amide bonds. The van der Waals surface area contributed by atoms with E-state index in [1.54, 1.807) is 12.1 Å². The number of benzene rings is 2. The molecule has 0 radical (unpaired) electrons. The normalized spacial score (nSPS) is 25.2. The van der Waals surface area contributed by atoms with Gasteiger partial charge in [0.05, 0.1) is 25.2 Å². The Morgan fingerprint density at radius 1 is 1.11 bits per heavy atom. The Hall–Kier alpha value is -2.31. The van der Waals surface area contributed by atoms with Crippen molar-refractivity contribution in [2.24, 2.45) is 5.73 Å². The number of piperazine rings is 1. The van der Waals surface area contributed by atoms with Crippen molar-refractivity contribution in [3.8, 4) is 0 Å². The molecule has 12 heteroatoms. The van der Waals surface area contributed by atoms with Crippen LogP contribution < -0.4 is 16.4 Å². The van der Waals surface area contributed by atoms with Gasteiger partial charge >= 0.3 is 0 Å². The summed E-state index contributed by atoms with van der Waals surface area (Å²) < 4.78 is 18.9. The smallest absolute Gasteiger partial charge is 0.243 e. The van der Waals surface area contributed by atoms with E-state index in [0.717, 1.165) is 61.8 Å². The number of ether oxygens (including phenoxy) is 1. The Kier molecular flexibility index (Phi) is 13.0. The third kappa shape index (κ3) is 8.09. The maximum absolute atomic E-state index is 14.1. The number of nitrogens with zero attached hydrogens (tertiary/aromatic N) is 3. The van der Waals surface area contributed by atoms with Gasteiger partial charge in [-0.1, -0.05) is 24.3 Å². The summed E-state index contributed by atoms with van der Waals surface area (Å²) in [6, 6.07) is 13.3. The van der Waals surface area contributed by atoms with Crippen LogP contribution in [-0.2, 0) is 26.2 Å². The van der Waals surface area contributed by atoms with E-state index in [9.17, 15) is 14.0 Å². The minimum Gasteiger partial charge on any atom is -0.383 e.